The molecule has 22 heavy (non-hydrogen) atoms. The third kappa shape index (κ3) is 2.90. The van der Waals surface area contributed by atoms with Crippen LogP contribution in [0, 0.1) is 12.7 Å². The second-order valence-electron chi connectivity index (χ2n) is 4.84. The molecule has 0 radical (unpaired) electrons. The molecule has 0 aliphatic heterocycles. The molecule has 0 fully saturated rings. The van der Waals surface area contributed by atoms with E-state index in [4.69, 9.17) is 4.42 Å². The minimum absolute atomic E-state index is 0.279. The predicted molar refractivity (Wildman–Crippen MR) is 78.1 cm³/mol. The van der Waals surface area contributed by atoms with Gasteiger partial charge in [-0.15, -0.1) is 0 Å². The fraction of sp³-hybridized carbons (Fsp3) is 0.125. The van der Waals surface area contributed by atoms with Crippen LogP contribution in [0.15, 0.2) is 53.3 Å². The van der Waals surface area contributed by atoms with Gasteiger partial charge in [-0.1, -0.05) is 0 Å². The number of nitrogens with zero attached hydrogens (tertiary/aromatic N) is 2. The van der Waals surface area contributed by atoms with Crippen LogP contribution in [0.5, 0.6) is 0 Å². The second-order valence-corrected chi connectivity index (χ2v) is 4.84. The van der Waals surface area contributed by atoms with Crippen molar-refractivity contribution in [1.82, 2.24) is 15.1 Å². The highest BCUT2D eigenvalue weighted by molar-refractivity contribution is 5.92. The summed E-state index contributed by atoms with van der Waals surface area (Å²) in [4.78, 5) is 11.9. The van der Waals surface area contributed by atoms with Gasteiger partial charge in [0, 0.05) is 11.8 Å². The van der Waals surface area contributed by atoms with E-state index >= 15 is 0 Å². The Morgan fingerprint density at radius 2 is 2.05 bits per heavy atom. The van der Waals surface area contributed by atoms with Crippen LogP contribution in [0.2, 0.25) is 0 Å². The molecule has 1 N–H and O–H groups in total. The number of amides is 1. The minimum atomic E-state index is -0.294. The van der Waals surface area contributed by atoms with E-state index in [1.54, 1.807) is 35.1 Å². The number of aryl methyl sites for hydroxylation is 1. The first kappa shape index (κ1) is 14.1. The van der Waals surface area contributed by atoms with Crippen molar-refractivity contribution in [2.24, 2.45) is 0 Å². The smallest absolute Gasteiger partial charge is 0.287 e. The maximum atomic E-state index is 12.9. The number of aromatic nitrogens is 2. The van der Waals surface area contributed by atoms with Crippen molar-refractivity contribution >= 4 is 5.91 Å². The van der Waals surface area contributed by atoms with Crippen LogP contribution in [0.4, 0.5) is 4.39 Å². The van der Waals surface area contributed by atoms with E-state index in [0.29, 0.717) is 11.5 Å². The maximum Gasteiger partial charge on any atom is 0.287 e. The minimum Gasteiger partial charge on any atom is -0.459 e. The van der Waals surface area contributed by atoms with Gasteiger partial charge in [0.05, 0.1) is 24.2 Å². The average molecular weight is 299 g/mol. The van der Waals surface area contributed by atoms with Gasteiger partial charge < -0.3 is 9.73 Å². The Labute approximate surface area is 126 Å². The van der Waals surface area contributed by atoms with Gasteiger partial charge in [-0.25, -0.2) is 9.07 Å². The van der Waals surface area contributed by atoms with E-state index in [9.17, 15) is 9.18 Å². The van der Waals surface area contributed by atoms with Gasteiger partial charge in [0.15, 0.2) is 5.76 Å². The number of carbonyl (C=O) groups excluding carboxylic acids is 1. The molecular weight excluding hydrogens is 285 g/mol. The van der Waals surface area contributed by atoms with Crippen LogP contribution in [-0.2, 0) is 6.54 Å². The molecule has 112 valence electrons. The molecule has 0 saturated carbocycles. The standard InChI is InChI=1S/C16H14FN3O2/c1-11-7-9-22-15(11)16(21)18-10-13-6-8-20(19-13)14-4-2-12(17)3-5-14/h2-9H,10H2,1H3,(H,18,21). The highest BCUT2D eigenvalue weighted by Crippen LogP contribution is 2.10. The number of rotatable bonds is 4. The first-order chi connectivity index (χ1) is 10.6. The van der Waals surface area contributed by atoms with Crippen LogP contribution < -0.4 is 5.32 Å². The molecule has 0 aliphatic carbocycles. The molecule has 0 spiro atoms. The quantitative estimate of drug-likeness (QED) is 0.806. The number of halogens is 1. The van der Waals surface area contributed by atoms with Crippen molar-refractivity contribution in [2.45, 2.75) is 13.5 Å². The Kier molecular flexibility index (Phi) is 3.74. The molecule has 3 aromatic rings. The summed E-state index contributed by atoms with van der Waals surface area (Å²) in [5, 5.41) is 7.08. The molecule has 1 amide bonds. The van der Waals surface area contributed by atoms with E-state index < -0.39 is 0 Å². The van der Waals surface area contributed by atoms with Gasteiger partial charge in [-0.3, -0.25) is 4.79 Å². The molecule has 2 heterocycles. The lowest BCUT2D eigenvalue weighted by Crippen LogP contribution is -2.23. The third-order valence-electron chi connectivity index (χ3n) is 3.23. The lowest BCUT2D eigenvalue weighted by atomic mass is 10.2. The lowest BCUT2D eigenvalue weighted by Gasteiger charge is -2.02. The highest BCUT2D eigenvalue weighted by Gasteiger charge is 2.12. The number of carbonyl (C=O) groups is 1. The SMILES string of the molecule is Cc1ccoc1C(=O)NCc1ccn(-c2ccc(F)cc2)n1. The number of nitrogens with one attached hydrogen (secondary N) is 1. The predicted octanol–water partition coefficient (Wildman–Crippen LogP) is 2.84. The zero-order valence-electron chi connectivity index (χ0n) is 11.9. The number of hydrogen-bond donors (Lipinski definition) is 1. The van der Waals surface area contributed by atoms with Crippen LogP contribution >= 0.6 is 0 Å². The summed E-state index contributed by atoms with van der Waals surface area (Å²) in [7, 11) is 0. The summed E-state index contributed by atoms with van der Waals surface area (Å²) in [6.45, 7) is 2.09. The van der Waals surface area contributed by atoms with Crippen LogP contribution in [0.3, 0.4) is 0 Å². The fourth-order valence-electron chi connectivity index (χ4n) is 2.05. The number of benzene rings is 1. The molecule has 1 aromatic carbocycles. The van der Waals surface area contributed by atoms with Crippen molar-refractivity contribution in [1.29, 1.82) is 0 Å². The third-order valence-corrected chi connectivity index (χ3v) is 3.23. The van der Waals surface area contributed by atoms with Gasteiger partial charge >= 0.3 is 0 Å². The monoisotopic (exact) mass is 299 g/mol. The van der Waals surface area contributed by atoms with E-state index in [0.717, 1.165) is 11.3 Å². The summed E-state index contributed by atoms with van der Waals surface area (Å²) in [5.41, 5.74) is 2.23. The molecular formula is C16H14FN3O2. The van der Waals surface area contributed by atoms with E-state index in [1.165, 1.54) is 18.4 Å². The van der Waals surface area contributed by atoms with Crippen LogP contribution in [0.25, 0.3) is 5.69 Å². The van der Waals surface area contributed by atoms with Crippen molar-refractivity contribution in [3.05, 3.63) is 71.7 Å². The molecule has 0 bridgehead atoms. The second kappa shape index (κ2) is 5.85. The number of furan rings is 1. The zero-order chi connectivity index (χ0) is 15.5. The topological polar surface area (TPSA) is 60.1 Å². The van der Waals surface area contributed by atoms with Gasteiger partial charge in [0.1, 0.15) is 5.82 Å². The lowest BCUT2D eigenvalue weighted by molar-refractivity contribution is 0.0921. The summed E-state index contributed by atoms with van der Waals surface area (Å²) < 4.78 is 19.6. The Balaban J connectivity index is 1.66. The molecule has 6 heteroatoms. The molecule has 0 aliphatic rings. The Morgan fingerprint density at radius 1 is 1.27 bits per heavy atom. The highest BCUT2D eigenvalue weighted by atomic mass is 19.1. The Bertz CT molecular complexity index is 790. The van der Waals surface area contributed by atoms with E-state index in [2.05, 4.69) is 10.4 Å². The first-order valence-electron chi connectivity index (χ1n) is 6.76. The molecule has 0 atom stereocenters. The zero-order valence-corrected chi connectivity index (χ0v) is 11.9. The van der Waals surface area contributed by atoms with Gasteiger partial charge in [0.2, 0.25) is 0 Å². The molecule has 2 aromatic heterocycles. The van der Waals surface area contributed by atoms with Gasteiger partial charge in [-0.05, 0) is 43.3 Å². The summed E-state index contributed by atoms with van der Waals surface area (Å²) in [6, 6.07) is 9.54. The van der Waals surface area contributed by atoms with E-state index in [-0.39, 0.29) is 18.3 Å². The fourth-order valence-corrected chi connectivity index (χ4v) is 2.05. The maximum absolute atomic E-state index is 12.9. The molecule has 0 saturated heterocycles. The van der Waals surface area contributed by atoms with Gasteiger partial charge in [-0.2, -0.15) is 5.10 Å². The molecule has 0 unspecified atom stereocenters. The summed E-state index contributed by atoms with van der Waals surface area (Å²) in [5.74, 6) is -0.269. The van der Waals surface area contributed by atoms with Crippen molar-refractivity contribution in [3.8, 4) is 5.69 Å². The Morgan fingerprint density at radius 3 is 2.73 bits per heavy atom. The summed E-state index contributed by atoms with van der Waals surface area (Å²) >= 11 is 0. The van der Waals surface area contributed by atoms with Crippen LogP contribution in [0.1, 0.15) is 21.8 Å². The average Bonchev–Trinajstić information content (AvgIpc) is 3.14. The van der Waals surface area contributed by atoms with Crippen LogP contribution in [-0.4, -0.2) is 15.7 Å². The largest absolute Gasteiger partial charge is 0.459 e. The molecule has 3 rings (SSSR count). The van der Waals surface area contributed by atoms with Crippen molar-refractivity contribution in [3.63, 3.8) is 0 Å². The normalized spacial score (nSPS) is 10.6. The van der Waals surface area contributed by atoms with Crippen molar-refractivity contribution < 1.29 is 13.6 Å². The van der Waals surface area contributed by atoms with Gasteiger partial charge in [0.25, 0.3) is 5.91 Å². The summed E-state index contributed by atoms with van der Waals surface area (Å²) in [6.07, 6.45) is 3.24. The molecule has 5 nitrogen and oxygen atoms in total. The van der Waals surface area contributed by atoms with Crippen molar-refractivity contribution in [2.75, 3.05) is 0 Å². The first-order valence-corrected chi connectivity index (χ1v) is 6.76. The Hall–Kier alpha value is -2.89. The number of hydrogen-bond acceptors (Lipinski definition) is 3. The van der Waals surface area contributed by atoms with E-state index in [1.807, 2.05) is 6.92 Å².